The van der Waals surface area contributed by atoms with E-state index in [0.29, 0.717) is 5.56 Å². The first kappa shape index (κ1) is 14.6. The summed E-state index contributed by atoms with van der Waals surface area (Å²) >= 11 is 3.46. The maximum absolute atomic E-state index is 12.2. The van der Waals surface area contributed by atoms with Crippen LogP contribution >= 0.6 is 15.9 Å². The minimum Gasteiger partial charge on any atom is -0.378 e. The summed E-state index contributed by atoms with van der Waals surface area (Å²) in [6.45, 7) is 1.97. The average Bonchev–Trinajstić information content (AvgIpc) is 2.44. The minimum absolute atomic E-state index is 0.100. The fourth-order valence-electron chi connectivity index (χ4n) is 1.85. The molecule has 1 N–H and O–H groups in total. The van der Waals surface area contributed by atoms with Crippen LogP contribution in [0, 0.1) is 6.92 Å². The Morgan fingerprint density at radius 2 is 1.75 bits per heavy atom. The average molecular weight is 333 g/mol. The van der Waals surface area contributed by atoms with Gasteiger partial charge < -0.3 is 10.2 Å². The molecule has 0 aliphatic rings. The van der Waals surface area contributed by atoms with Crippen LogP contribution in [-0.4, -0.2) is 20.0 Å². The van der Waals surface area contributed by atoms with Gasteiger partial charge in [-0.15, -0.1) is 0 Å². The zero-order chi connectivity index (χ0) is 14.7. The number of amides is 1. The van der Waals surface area contributed by atoms with Gasteiger partial charge >= 0.3 is 0 Å². The van der Waals surface area contributed by atoms with Gasteiger partial charge in [-0.2, -0.15) is 0 Å². The highest BCUT2D eigenvalue weighted by molar-refractivity contribution is 9.10. The lowest BCUT2D eigenvalue weighted by Crippen LogP contribution is -2.13. The maximum Gasteiger partial charge on any atom is 0.255 e. The van der Waals surface area contributed by atoms with Crippen LogP contribution < -0.4 is 10.2 Å². The summed E-state index contributed by atoms with van der Waals surface area (Å²) in [6, 6.07) is 13.3. The number of rotatable bonds is 3. The van der Waals surface area contributed by atoms with Crippen molar-refractivity contribution in [1.82, 2.24) is 0 Å². The molecule has 0 bridgehead atoms. The number of hydrogen-bond donors (Lipinski definition) is 1. The molecule has 4 heteroatoms. The topological polar surface area (TPSA) is 32.3 Å². The van der Waals surface area contributed by atoms with Gasteiger partial charge in [0.2, 0.25) is 0 Å². The van der Waals surface area contributed by atoms with Crippen molar-refractivity contribution in [2.24, 2.45) is 0 Å². The second kappa shape index (κ2) is 6.09. The molecule has 0 aromatic heterocycles. The van der Waals surface area contributed by atoms with Gasteiger partial charge in [-0.25, -0.2) is 0 Å². The molecule has 0 saturated carbocycles. The van der Waals surface area contributed by atoms with E-state index in [1.54, 1.807) is 0 Å². The van der Waals surface area contributed by atoms with E-state index in [2.05, 4.69) is 21.2 Å². The third kappa shape index (κ3) is 3.20. The van der Waals surface area contributed by atoms with Gasteiger partial charge in [0.1, 0.15) is 0 Å². The summed E-state index contributed by atoms with van der Waals surface area (Å²) in [4.78, 5) is 14.2. The van der Waals surface area contributed by atoms with E-state index in [-0.39, 0.29) is 5.91 Å². The fourth-order valence-corrected chi connectivity index (χ4v) is 2.21. The zero-order valence-corrected chi connectivity index (χ0v) is 13.4. The molecular formula is C16H17BrN2O. The Morgan fingerprint density at radius 3 is 2.35 bits per heavy atom. The van der Waals surface area contributed by atoms with Crippen LogP contribution in [0.25, 0.3) is 0 Å². The third-order valence-electron chi connectivity index (χ3n) is 3.16. The molecule has 3 nitrogen and oxygen atoms in total. The Kier molecular flexibility index (Phi) is 4.45. The monoisotopic (exact) mass is 332 g/mol. The van der Waals surface area contributed by atoms with Crippen LogP contribution in [0.3, 0.4) is 0 Å². The Labute approximate surface area is 127 Å². The number of carbonyl (C=O) groups is 1. The molecule has 0 radical (unpaired) electrons. The van der Waals surface area contributed by atoms with Gasteiger partial charge in [0, 0.05) is 35.5 Å². The molecular weight excluding hydrogens is 316 g/mol. The highest BCUT2D eigenvalue weighted by Gasteiger charge is 2.09. The van der Waals surface area contributed by atoms with E-state index < -0.39 is 0 Å². The molecule has 2 aromatic carbocycles. The molecule has 0 fully saturated rings. The van der Waals surface area contributed by atoms with E-state index in [1.165, 1.54) is 0 Å². The highest BCUT2D eigenvalue weighted by Crippen LogP contribution is 2.24. The van der Waals surface area contributed by atoms with Gasteiger partial charge in [0.15, 0.2) is 0 Å². The van der Waals surface area contributed by atoms with E-state index in [9.17, 15) is 4.79 Å². The molecule has 0 saturated heterocycles. The Balaban J connectivity index is 2.18. The van der Waals surface area contributed by atoms with Crippen molar-refractivity contribution in [2.75, 3.05) is 24.3 Å². The van der Waals surface area contributed by atoms with Crippen molar-refractivity contribution in [3.63, 3.8) is 0 Å². The van der Waals surface area contributed by atoms with Crippen LogP contribution in [-0.2, 0) is 0 Å². The highest BCUT2D eigenvalue weighted by atomic mass is 79.9. The van der Waals surface area contributed by atoms with Crippen molar-refractivity contribution in [2.45, 2.75) is 6.92 Å². The molecule has 1 amide bonds. The van der Waals surface area contributed by atoms with Crippen LogP contribution in [0.2, 0.25) is 0 Å². The predicted octanol–water partition coefficient (Wildman–Crippen LogP) is 4.08. The predicted molar refractivity (Wildman–Crippen MR) is 87.6 cm³/mol. The molecule has 0 unspecified atom stereocenters. The van der Waals surface area contributed by atoms with E-state index in [1.807, 2.05) is 68.4 Å². The van der Waals surface area contributed by atoms with E-state index in [4.69, 9.17) is 0 Å². The maximum atomic E-state index is 12.2. The van der Waals surface area contributed by atoms with Gasteiger partial charge in [-0.1, -0.05) is 22.0 Å². The number of benzene rings is 2. The minimum atomic E-state index is -0.100. The van der Waals surface area contributed by atoms with Crippen molar-refractivity contribution >= 4 is 33.2 Å². The summed E-state index contributed by atoms with van der Waals surface area (Å²) in [6.07, 6.45) is 0. The second-order valence-corrected chi connectivity index (χ2v) is 5.66. The smallest absolute Gasteiger partial charge is 0.255 e. The standard InChI is InChI=1S/C16H17BrN2O/c1-11-14(17)5-4-6-15(11)18-16(20)12-7-9-13(10-8-12)19(2)3/h4-10H,1-3H3,(H,18,20). The molecule has 20 heavy (non-hydrogen) atoms. The summed E-state index contributed by atoms with van der Waals surface area (Å²) in [5.41, 5.74) is 3.56. The van der Waals surface area contributed by atoms with Gasteiger partial charge in [0.25, 0.3) is 5.91 Å². The van der Waals surface area contributed by atoms with Crippen LogP contribution in [0.4, 0.5) is 11.4 Å². The van der Waals surface area contributed by atoms with Crippen molar-refractivity contribution in [3.8, 4) is 0 Å². The first-order chi connectivity index (χ1) is 9.49. The largest absolute Gasteiger partial charge is 0.378 e. The SMILES string of the molecule is Cc1c(Br)cccc1NC(=O)c1ccc(N(C)C)cc1. The first-order valence-corrected chi connectivity index (χ1v) is 7.12. The van der Waals surface area contributed by atoms with Crippen molar-refractivity contribution in [3.05, 3.63) is 58.1 Å². The molecule has 0 heterocycles. The van der Waals surface area contributed by atoms with Gasteiger partial charge in [0.05, 0.1) is 0 Å². The number of hydrogen-bond acceptors (Lipinski definition) is 2. The molecule has 0 atom stereocenters. The summed E-state index contributed by atoms with van der Waals surface area (Å²) in [7, 11) is 3.94. The second-order valence-electron chi connectivity index (χ2n) is 4.81. The summed E-state index contributed by atoms with van der Waals surface area (Å²) in [5.74, 6) is -0.100. The third-order valence-corrected chi connectivity index (χ3v) is 4.02. The first-order valence-electron chi connectivity index (χ1n) is 6.33. The van der Waals surface area contributed by atoms with Crippen molar-refractivity contribution < 1.29 is 4.79 Å². The lowest BCUT2D eigenvalue weighted by atomic mass is 10.1. The Morgan fingerprint density at radius 1 is 1.10 bits per heavy atom. The normalized spacial score (nSPS) is 10.2. The molecule has 0 spiro atoms. The molecule has 0 aliphatic carbocycles. The lowest BCUT2D eigenvalue weighted by molar-refractivity contribution is 0.102. The number of nitrogens with zero attached hydrogens (tertiary/aromatic N) is 1. The van der Waals surface area contributed by atoms with Crippen LogP contribution in [0.15, 0.2) is 46.9 Å². The molecule has 104 valence electrons. The van der Waals surface area contributed by atoms with Crippen molar-refractivity contribution in [1.29, 1.82) is 0 Å². The number of halogens is 1. The zero-order valence-electron chi connectivity index (χ0n) is 11.8. The van der Waals surface area contributed by atoms with Gasteiger partial charge in [-0.3, -0.25) is 4.79 Å². The number of anilines is 2. The van der Waals surface area contributed by atoms with Crippen LogP contribution in [0.1, 0.15) is 15.9 Å². The summed E-state index contributed by atoms with van der Waals surface area (Å²) in [5, 5.41) is 2.93. The Hall–Kier alpha value is -1.81. The fraction of sp³-hybridized carbons (Fsp3) is 0.188. The lowest BCUT2D eigenvalue weighted by Gasteiger charge is -2.13. The van der Waals surface area contributed by atoms with Gasteiger partial charge in [-0.05, 0) is 48.9 Å². The molecule has 2 rings (SSSR count). The quantitative estimate of drug-likeness (QED) is 0.918. The molecule has 2 aromatic rings. The Bertz CT molecular complexity index is 621. The van der Waals surface area contributed by atoms with Crippen LogP contribution in [0.5, 0.6) is 0 Å². The molecule has 0 aliphatic heterocycles. The number of carbonyl (C=O) groups excluding carboxylic acids is 1. The van der Waals surface area contributed by atoms with E-state index >= 15 is 0 Å². The van der Waals surface area contributed by atoms with E-state index in [0.717, 1.165) is 21.4 Å². The number of nitrogens with one attached hydrogen (secondary N) is 1. The summed E-state index contributed by atoms with van der Waals surface area (Å²) < 4.78 is 0.984.